The first kappa shape index (κ1) is 24.3. The van der Waals surface area contributed by atoms with Crippen molar-refractivity contribution in [1.29, 1.82) is 0 Å². The van der Waals surface area contributed by atoms with Crippen LogP contribution >= 0.6 is 0 Å². The summed E-state index contributed by atoms with van der Waals surface area (Å²) in [5.41, 5.74) is 3.35. The van der Waals surface area contributed by atoms with Crippen LogP contribution in [0.2, 0.25) is 0 Å². The minimum Gasteiger partial charge on any atom is -0.493 e. The number of likely N-dealkylation sites (tertiary alicyclic amines) is 1. The summed E-state index contributed by atoms with van der Waals surface area (Å²) < 4.78 is 18.0. The fourth-order valence-electron chi connectivity index (χ4n) is 4.41. The number of amides is 1. The maximum Gasteiger partial charge on any atom is 0.234 e. The van der Waals surface area contributed by atoms with Crippen molar-refractivity contribution < 1.29 is 19.0 Å². The van der Waals surface area contributed by atoms with Crippen LogP contribution in [0.4, 0.5) is 0 Å². The number of benzene rings is 2. The van der Waals surface area contributed by atoms with Crippen LogP contribution in [0.25, 0.3) is 0 Å². The largest absolute Gasteiger partial charge is 0.493 e. The van der Waals surface area contributed by atoms with Crippen molar-refractivity contribution in [3.8, 4) is 17.2 Å². The molecule has 1 amide bonds. The van der Waals surface area contributed by atoms with Gasteiger partial charge in [-0.15, -0.1) is 0 Å². The third-order valence-corrected chi connectivity index (χ3v) is 6.13. The van der Waals surface area contributed by atoms with Gasteiger partial charge in [0, 0.05) is 26.2 Å². The second kappa shape index (κ2) is 11.0. The van der Waals surface area contributed by atoms with Gasteiger partial charge >= 0.3 is 0 Å². The lowest BCUT2D eigenvalue weighted by Gasteiger charge is -2.23. The van der Waals surface area contributed by atoms with E-state index in [1.165, 1.54) is 5.57 Å². The highest BCUT2D eigenvalue weighted by atomic mass is 16.5. The predicted molar refractivity (Wildman–Crippen MR) is 132 cm³/mol. The number of ether oxygens (including phenoxy) is 3. The zero-order chi connectivity index (χ0) is 24.1. The number of nitrogens with one attached hydrogen (secondary N) is 1. The summed E-state index contributed by atoms with van der Waals surface area (Å²) >= 11 is 0. The number of carbonyl (C=O) groups excluding carboxylic acids is 1. The number of rotatable bonds is 3. The van der Waals surface area contributed by atoms with Crippen molar-refractivity contribution in [3.05, 3.63) is 65.2 Å². The molecule has 1 saturated heterocycles. The van der Waals surface area contributed by atoms with Crippen molar-refractivity contribution in [2.45, 2.75) is 39.1 Å². The van der Waals surface area contributed by atoms with Gasteiger partial charge in [-0.3, -0.25) is 14.6 Å². The van der Waals surface area contributed by atoms with Crippen LogP contribution in [0.5, 0.6) is 17.2 Å². The van der Waals surface area contributed by atoms with Gasteiger partial charge in [0.05, 0.1) is 32.4 Å². The Bertz CT molecular complexity index is 1030. The fraction of sp³-hybridized carbons (Fsp3) is 0.444. The third-order valence-electron chi connectivity index (χ3n) is 6.13. The molecule has 4 rings (SSSR count). The molecule has 0 radical (unpaired) electrons. The molecule has 2 heterocycles. The van der Waals surface area contributed by atoms with Crippen molar-refractivity contribution in [3.63, 3.8) is 0 Å². The van der Waals surface area contributed by atoms with Crippen LogP contribution in [-0.4, -0.2) is 68.2 Å². The predicted octanol–water partition coefficient (Wildman–Crippen LogP) is 3.58. The zero-order valence-corrected chi connectivity index (χ0v) is 20.5. The Hall–Kier alpha value is -2.87. The molecule has 34 heavy (non-hydrogen) atoms. The summed E-state index contributed by atoms with van der Waals surface area (Å²) in [6.45, 7) is 7.98. The highest BCUT2D eigenvalue weighted by Crippen LogP contribution is 2.33. The van der Waals surface area contributed by atoms with Gasteiger partial charge < -0.3 is 19.5 Å². The van der Waals surface area contributed by atoms with Gasteiger partial charge in [-0.1, -0.05) is 29.8 Å². The van der Waals surface area contributed by atoms with Crippen LogP contribution in [0.3, 0.4) is 0 Å². The third kappa shape index (κ3) is 6.38. The molecule has 1 N–H and O–H groups in total. The van der Waals surface area contributed by atoms with Gasteiger partial charge in [0.1, 0.15) is 5.75 Å². The van der Waals surface area contributed by atoms with Crippen molar-refractivity contribution in [1.82, 2.24) is 15.1 Å². The van der Waals surface area contributed by atoms with Crippen LogP contribution in [0.1, 0.15) is 25.0 Å². The smallest absolute Gasteiger partial charge is 0.234 e. The van der Waals surface area contributed by atoms with Crippen molar-refractivity contribution in [2.75, 3.05) is 40.3 Å². The molecule has 2 aromatic rings. The molecule has 0 aromatic heterocycles. The molecule has 2 atom stereocenters. The molecule has 4 bridgehead atoms. The van der Waals surface area contributed by atoms with E-state index in [4.69, 9.17) is 14.2 Å². The molecule has 7 nitrogen and oxygen atoms in total. The lowest BCUT2D eigenvalue weighted by atomic mass is 10.1. The normalized spacial score (nSPS) is 21.8. The Kier molecular flexibility index (Phi) is 7.88. The van der Waals surface area contributed by atoms with Gasteiger partial charge in [-0.05, 0) is 56.3 Å². The Balaban J connectivity index is 1.59. The number of carbonyl (C=O) groups is 1. The summed E-state index contributed by atoms with van der Waals surface area (Å²) in [4.78, 5) is 17.2. The number of nitrogens with zero attached hydrogens (tertiary/aromatic N) is 2. The zero-order valence-electron chi connectivity index (χ0n) is 20.5. The molecular weight excluding hydrogens is 430 g/mol. The Morgan fingerprint density at radius 2 is 2.00 bits per heavy atom. The van der Waals surface area contributed by atoms with E-state index in [2.05, 4.69) is 30.1 Å². The van der Waals surface area contributed by atoms with E-state index in [1.807, 2.05) is 54.4 Å². The number of fused-ring (bicyclic) bond motifs is 5. The second-order valence-electron chi connectivity index (χ2n) is 9.43. The SMILES string of the molecule is COc1ccc2cc1Oc1cccc(c1)CO[C@H]1CN(CC=C(C)C)C[C@@H]1NC(=O)CN(C)C2. The molecule has 0 spiro atoms. The fourth-order valence-corrected chi connectivity index (χ4v) is 4.41. The maximum absolute atomic E-state index is 12.9. The summed E-state index contributed by atoms with van der Waals surface area (Å²) in [7, 11) is 3.58. The van der Waals surface area contributed by atoms with Crippen molar-refractivity contribution >= 4 is 5.91 Å². The standard InChI is InChI=1S/C27H35N3O4/c1-19(2)10-11-30-15-23-26(16-30)33-18-21-6-5-7-22(12-21)34-25-13-20(8-9-24(25)32-4)14-29(3)17-27(31)28-23/h5-10,12-13,23,26H,11,14-18H2,1-4H3,(H,28,31)/t23-,26-/m0/s1. The lowest BCUT2D eigenvalue weighted by molar-refractivity contribution is -0.123. The van der Waals surface area contributed by atoms with Gasteiger partial charge in [0.2, 0.25) is 5.91 Å². The summed E-state index contributed by atoms with van der Waals surface area (Å²) in [6.07, 6.45) is 2.14. The molecule has 2 aromatic carbocycles. The average Bonchev–Trinajstić information content (AvgIpc) is 3.17. The van der Waals surface area contributed by atoms with Crippen LogP contribution in [-0.2, 0) is 22.7 Å². The van der Waals surface area contributed by atoms with Gasteiger partial charge in [0.25, 0.3) is 0 Å². The monoisotopic (exact) mass is 465 g/mol. The van der Waals surface area contributed by atoms with Gasteiger partial charge in [-0.25, -0.2) is 0 Å². The number of hydrogen-bond donors (Lipinski definition) is 1. The highest BCUT2D eigenvalue weighted by Gasteiger charge is 2.34. The van der Waals surface area contributed by atoms with Crippen molar-refractivity contribution in [2.24, 2.45) is 0 Å². The summed E-state index contributed by atoms with van der Waals surface area (Å²) in [5, 5.41) is 3.23. The molecule has 0 saturated carbocycles. The Labute approximate surface area is 202 Å². The first-order valence-corrected chi connectivity index (χ1v) is 11.8. The average molecular weight is 466 g/mol. The topological polar surface area (TPSA) is 63.3 Å². The van der Waals surface area contributed by atoms with Crippen LogP contribution in [0, 0.1) is 0 Å². The maximum atomic E-state index is 12.9. The van der Waals surface area contributed by atoms with Crippen LogP contribution < -0.4 is 14.8 Å². The molecule has 2 aliphatic rings. The molecular formula is C27H35N3O4. The minimum atomic E-state index is -0.0786. The first-order chi connectivity index (χ1) is 16.4. The summed E-state index contributed by atoms with van der Waals surface area (Å²) in [6, 6.07) is 13.7. The molecule has 0 aliphatic carbocycles. The van der Waals surface area contributed by atoms with E-state index in [1.54, 1.807) is 7.11 Å². The van der Waals surface area contributed by atoms with Gasteiger partial charge in [0.15, 0.2) is 11.5 Å². The minimum absolute atomic E-state index is 0.00393. The molecule has 0 unspecified atom stereocenters. The molecule has 182 valence electrons. The molecule has 7 heteroatoms. The Morgan fingerprint density at radius 1 is 1.15 bits per heavy atom. The van der Waals surface area contributed by atoms with E-state index in [9.17, 15) is 4.79 Å². The first-order valence-electron chi connectivity index (χ1n) is 11.8. The Morgan fingerprint density at radius 3 is 2.79 bits per heavy atom. The van der Waals surface area contributed by atoms with E-state index < -0.39 is 0 Å². The van der Waals surface area contributed by atoms with E-state index in [0.717, 1.165) is 36.5 Å². The van der Waals surface area contributed by atoms with E-state index >= 15 is 0 Å². The summed E-state index contributed by atoms with van der Waals surface area (Å²) in [5.74, 6) is 2.05. The number of likely N-dealkylation sites (N-methyl/N-ethyl adjacent to an activating group) is 1. The number of methoxy groups -OCH3 is 1. The van der Waals surface area contributed by atoms with E-state index in [0.29, 0.717) is 31.2 Å². The molecule has 1 fully saturated rings. The van der Waals surface area contributed by atoms with Crippen LogP contribution in [0.15, 0.2) is 54.1 Å². The number of hydrogen-bond acceptors (Lipinski definition) is 6. The van der Waals surface area contributed by atoms with Gasteiger partial charge in [-0.2, -0.15) is 0 Å². The molecule has 2 aliphatic heterocycles. The second-order valence-corrected chi connectivity index (χ2v) is 9.43. The highest BCUT2D eigenvalue weighted by molar-refractivity contribution is 5.78. The quantitative estimate of drug-likeness (QED) is 0.699. The number of allylic oxidation sites excluding steroid dienone is 1. The van der Waals surface area contributed by atoms with E-state index in [-0.39, 0.29) is 18.1 Å². The lowest BCUT2D eigenvalue weighted by Crippen LogP contribution is -2.47.